The van der Waals surface area contributed by atoms with Gasteiger partial charge in [-0.25, -0.2) is 4.98 Å². The largest absolute Gasteiger partial charge is 0.345 e. The molecule has 0 amide bonds. The third kappa shape index (κ3) is 4.14. The second-order valence-electron chi connectivity index (χ2n) is 8.65. The molecule has 1 aromatic rings. The Bertz CT molecular complexity index is 431. The van der Waals surface area contributed by atoms with E-state index in [1.165, 1.54) is 42.9 Å². The molecular weight excluding hydrogens is 268 g/mol. The van der Waals surface area contributed by atoms with Gasteiger partial charge < -0.3 is 4.98 Å². The van der Waals surface area contributed by atoms with Crippen molar-refractivity contribution in [3.63, 3.8) is 0 Å². The lowest BCUT2D eigenvalue weighted by Crippen LogP contribution is -2.26. The van der Waals surface area contributed by atoms with Gasteiger partial charge in [0.1, 0.15) is 5.82 Å². The van der Waals surface area contributed by atoms with Gasteiger partial charge in [-0.3, -0.25) is 0 Å². The Morgan fingerprint density at radius 3 is 1.86 bits per heavy atom. The van der Waals surface area contributed by atoms with Crippen molar-refractivity contribution in [1.29, 1.82) is 0 Å². The van der Waals surface area contributed by atoms with Crippen molar-refractivity contribution in [2.75, 3.05) is 0 Å². The van der Waals surface area contributed by atoms with Crippen LogP contribution in [-0.4, -0.2) is 9.97 Å². The molecule has 0 saturated carbocycles. The summed E-state index contributed by atoms with van der Waals surface area (Å²) in [6, 6.07) is 0. The van der Waals surface area contributed by atoms with Gasteiger partial charge >= 0.3 is 0 Å². The van der Waals surface area contributed by atoms with Crippen LogP contribution in [0.3, 0.4) is 0 Å². The van der Waals surface area contributed by atoms with Crippen molar-refractivity contribution >= 4 is 0 Å². The summed E-state index contributed by atoms with van der Waals surface area (Å²) < 4.78 is 0. The molecule has 0 saturated heterocycles. The van der Waals surface area contributed by atoms with Gasteiger partial charge in [0.15, 0.2) is 0 Å². The fourth-order valence-electron chi connectivity index (χ4n) is 3.40. The number of hydrogen-bond donors (Lipinski definition) is 1. The van der Waals surface area contributed by atoms with Crippen LogP contribution in [0.5, 0.6) is 0 Å². The van der Waals surface area contributed by atoms with Gasteiger partial charge in [0.2, 0.25) is 0 Å². The number of rotatable bonds is 8. The standard InChI is InChI=1S/C20H38N2/c1-10-12-19(6,7)16-17(20(8,9)13-11-2)22-18(21-16)15(5)14(3)4/h14-15H,10-13H2,1-9H3,(H,21,22). The Balaban J connectivity index is 3.39. The van der Waals surface area contributed by atoms with Crippen LogP contribution < -0.4 is 0 Å². The van der Waals surface area contributed by atoms with E-state index in [9.17, 15) is 0 Å². The van der Waals surface area contributed by atoms with E-state index >= 15 is 0 Å². The molecule has 1 unspecified atom stereocenters. The molecule has 0 aliphatic carbocycles. The van der Waals surface area contributed by atoms with E-state index in [1.54, 1.807) is 0 Å². The van der Waals surface area contributed by atoms with Gasteiger partial charge in [-0.15, -0.1) is 0 Å². The molecule has 1 atom stereocenters. The summed E-state index contributed by atoms with van der Waals surface area (Å²) in [5, 5.41) is 0. The van der Waals surface area contributed by atoms with Crippen molar-refractivity contribution in [3.8, 4) is 0 Å². The lowest BCUT2D eigenvalue weighted by Gasteiger charge is -2.30. The number of hydrogen-bond acceptors (Lipinski definition) is 1. The predicted molar refractivity (Wildman–Crippen MR) is 97.7 cm³/mol. The van der Waals surface area contributed by atoms with Crippen molar-refractivity contribution in [1.82, 2.24) is 9.97 Å². The minimum absolute atomic E-state index is 0.139. The molecule has 128 valence electrons. The summed E-state index contributed by atoms with van der Waals surface area (Å²) in [6.45, 7) is 20.8. The van der Waals surface area contributed by atoms with E-state index in [4.69, 9.17) is 4.98 Å². The molecule has 0 aromatic carbocycles. The van der Waals surface area contributed by atoms with Crippen LogP contribution in [0.15, 0.2) is 0 Å². The number of nitrogens with zero attached hydrogens (tertiary/aromatic N) is 1. The zero-order chi connectivity index (χ0) is 17.1. The Labute approximate surface area is 138 Å². The molecule has 0 radical (unpaired) electrons. The van der Waals surface area contributed by atoms with Crippen molar-refractivity contribution in [2.24, 2.45) is 5.92 Å². The second-order valence-corrected chi connectivity index (χ2v) is 8.65. The minimum Gasteiger partial charge on any atom is -0.345 e. The molecule has 0 fully saturated rings. The number of aromatic nitrogens is 2. The molecule has 1 aromatic heterocycles. The fourth-order valence-corrected chi connectivity index (χ4v) is 3.40. The van der Waals surface area contributed by atoms with Crippen molar-refractivity contribution < 1.29 is 0 Å². The van der Waals surface area contributed by atoms with Gasteiger partial charge in [0.25, 0.3) is 0 Å². The zero-order valence-corrected chi connectivity index (χ0v) is 16.4. The first kappa shape index (κ1) is 19.3. The first-order valence-electron chi connectivity index (χ1n) is 9.17. The summed E-state index contributed by atoms with van der Waals surface area (Å²) in [5.41, 5.74) is 2.98. The van der Waals surface area contributed by atoms with Crippen LogP contribution in [0.25, 0.3) is 0 Å². The Morgan fingerprint density at radius 1 is 0.909 bits per heavy atom. The van der Waals surface area contributed by atoms with Gasteiger partial charge in [0, 0.05) is 22.4 Å². The van der Waals surface area contributed by atoms with E-state index in [0.29, 0.717) is 11.8 Å². The molecule has 1 rings (SSSR count). The number of aromatic amines is 1. The van der Waals surface area contributed by atoms with Crippen LogP contribution in [0.2, 0.25) is 0 Å². The smallest absolute Gasteiger partial charge is 0.109 e. The molecule has 0 bridgehead atoms. The summed E-state index contributed by atoms with van der Waals surface area (Å²) >= 11 is 0. The van der Waals surface area contributed by atoms with Crippen LogP contribution >= 0.6 is 0 Å². The van der Waals surface area contributed by atoms with E-state index in [1.807, 2.05) is 0 Å². The molecule has 0 aliphatic heterocycles. The van der Waals surface area contributed by atoms with E-state index in [-0.39, 0.29) is 10.8 Å². The van der Waals surface area contributed by atoms with Crippen molar-refractivity contribution in [3.05, 3.63) is 17.2 Å². The summed E-state index contributed by atoms with van der Waals surface area (Å²) in [7, 11) is 0. The lowest BCUT2D eigenvalue weighted by molar-refractivity contribution is 0.415. The topological polar surface area (TPSA) is 28.7 Å². The van der Waals surface area contributed by atoms with E-state index < -0.39 is 0 Å². The van der Waals surface area contributed by atoms with Crippen LogP contribution in [-0.2, 0) is 10.8 Å². The number of imidazole rings is 1. The molecule has 1 heterocycles. The average molecular weight is 307 g/mol. The zero-order valence-electron chi connectivity index (χ0n) is 16.4. The molecule has 0 aliphatic rings. The molecule has 0 spiro atoms. The maximum atomic E-state index is 5.11. The number of nitrogens with one attached hydrogen (secondary N) is 1. The minimum atomic E-state index is 0.139. The highest BCUT2D eigenvalue weighted by atomic mass is 15.0. The monoisotopic (exact) mass is 306 g/mol. The van der Waals surface area contributed by atoms with Gasteiger partial charge in [-0.05, 0) is 18.8 Å². The highest BCUT2D eigenvalue weighted by Crippen LogP contribution is 2.39. The Morgan fingerprint density at radius 2 is 1.41 bits per heavy atom. The van der Waals surface area contributed by atoms with E-state index in [0.717, 1.165) is 0 Å². The van der Waals surface area contributed by atoms with E-state index in [2.05, 4.69) is 67.3 Å². The lowest BCUT2D eigenvalue weighted by atomic mass is 9.76. The maximum absolute atomic E-state index is 5.11. The summed E-state index contributed by atoms with van der Waals surface area (Å²) in [6.07, 6.45) is 4.78. The number of H-pyrrole nitrogens is 1. The second kappa shape index (κ2) is 7.19. The third-order valence-electron chi connectivity index (χ3n) is 5.22. The highest BCUT2D eigenvalue weighted by Gasteiger charge is 2.34. The molecule has 22 heavy (non-hydrogen) atoms. The summed E-state index contributed by atoms with van der Waals surface area (Å²) in [5.74, 6) is 2.26. The van der Waals surface area contributed by atoms with Gasteiger partial charge in [-0.1, -0.05) is 75.2 Å². The Hall–Kier alpha value is -0.790. The highest BCUT2D eigenvalue weighted by molar-refractivity contribution is 5.30. The maximum Gasteiger partial charge on any atom is 0.109 e. The predicted octanol–water partition coefficient (Wildman–Crippen LogP) is 6.32. The summed E-state index contributed by atoms with van der Waals surface area (Å²) in [4.78, 5) is 8.86. The van der Waals surface area contributed by atoms with Crippen LogP contribution in [0.4, 0.5) is 0 Å². The fraction of sp³-hybridized carbons (Fsp3) is 0.850. The van der Waals surface area contributed by atoms with Gasteiger partial charge in [0.05, 0.1) is 5.69 Å². The molecule has 2 heteroatoms. The van der Waals surface area contributed by atoms with Gasteiger partial charge in [-0.2, -0.15) is 0 Å². The quantitative estimate of drug-likeness (QED) is 0.597. The Kier molecular flexibility index (Phi) is 6.29. The SMILES string of the molecule is CCCC(C)(C)c1nc(C(C)C(C)C)[nH]c1C(C)(C)CCC. The third-order valence-corrected chi connectivity index (χ3v) is 5.22. The van der Waals surface area contributed by atoms with Crippen molar-refractivity contribution in [2.45, 2.75) is 105 Å². The van der Waals surface area contributed by atoms with Crippen LogP contribution in [0.1, 0.15) is 111 Å². The van der Waals surface area contributed by atoms with Crippen LogP contribution in [0, 0.1) is 5.92 Å². The molecule has 1 N–H and O–H groups in total. The normalized spacial score (nSPS) is 14.6. The average Bonchev–Trinajstić information content (AvgIpc) is 2.84. The molecular formula is C20H38N2. The first-order valence-corrected chi connectivity index (χ1v) is 9.17. The first-order chi connectivity index (χ1) is 10.1. The molecule has 2 nitrogen and oxygen atoms in total.